The van der Waals surface area contributed by atoms with Crippen molar-refractivity contribution in [3.05, 3.63) is 29.8 Å². The quantitative estimate of drug-likeness (QED) is 0.485. The van der Waals surface area contributed by atoms with Crippen LogP contribution in [-0.4, -0.2) is 46.4 Å². The summed E-state index contributed by atoms with van der Waals surface area (Å²) >= 11 is 0. The molecule has 1 aromatic carbocycles. The van der Waals surface area contributed by atoms with Gasteiger partial charge in [-0.25, -0.2) is 0 Å². The molecule has 1 aliphatic heterocycles. The first kappa shape index (κ1) is 14.7. The van der Waals surface area contributed by atoms with E-state index < -0.39 is 0 Å². The zero-order valence-corrected chi connectivity index (χ0v) is 12.2. The van der Waals surface area contributed by atoms with Gasteiger partial charge in [-0.05, 0) is 18.1 Å². The van der Waals surface area contributed by atoms with Gasteiger partial charge in [-0.15, -0.1) is 0 Å². The first-order valence-electron chi connectivity index (χ1n) is 7.00. The van der Waals surface area contributed by atoms with Gasteiger partial charge in [0, 0.05) is 33.2 Å². The van der Waals surface area contributed by atoms with E-state index in [2.05, 4.69) is 27.8 Å². The molecule has 0 aliphatic carbocycles. The second kappa shape index (κ2) is 7.75. The Hall–Kier alpha value is -1.75. The molecule has 0 saturated carbocycles. The zero-order valence-electron chi connectivity index (χ0n) is 12.2. The van der Waals surface area contributed by atoms with Crippen LogP contribution in [0.2, 0.25) is 0 Å². The third-order valence-electron chi connectivity index (χ3n) is 3.42. The second-order valence-electron chi connectivity index (χ2n) is 4.74. The van der Waals surface area contributed by atoms with Gasteiger partial charge in [0.15, 0.2) is 5.96 Å². The van der Waals surface area contributed by atoms with Crippen LogP contribution in [0.1, 0.15) is 17.9 Å². The molecular weight excluding hydrogens is 254 g/mol. The Morgan fingerprint density at radius 1 is 1.40 bits per heavy atom. The highest BCUT2D eigenvalue weighted by Gasteiger charge is 2.20. The van der Waals surface area contributed by atoms with E-state index in [1.54, 1.807) is 14.2 Å². The molecular formula is C15H23N3O2. The van der Waals surface area contributed by atoms with Gasteiger partial charge in [0.25, 0.3) is 0 Å². The Kier molecular flexibility index (Phi) is 5.68. The molecule has 20 heavy (non-hydrogen) atoms. The standard InChI is InChI=1S/C15H23N3O2/c1-16-15(17-8-10-19-2)18-11-12-7-9-20-14-6-4-3-5-13(12)14/h3-6,12H,7-11H2,1-2H3,(H2,16,17,18). The number of hydrogen-bond acceptors (Lipinski definition) is 3. The summed E-state index contributed by atoms with van der Waals surface area (Å²) in [5.74, 6) is 2.28. The average molecular weight is 277 g/mol. The van der Waals surface area contributed by atoms with Gasteiger partial charge in [0.05, 0.1) is 13.2 Å². The van der Waals surface area contributed by atoms with E-state index >= 15 is 0 Å². The van der Waals surface area contributed by atoms with Crippen LogP contribution in [0.5, 0.6) is 5.75 Å². The molecule has 0 spiro atoms. The minimum Gasteiger partial charge on any atom is -0.493 e. The number of rotatable bonds is 5. The van der Waals surface area contributed by atoms with Gasteiger partial charge in [-0.1, -0.05) is 18.2 Å². The number of methoxy groups -OCH3 is 1. The summed E-state index contributed by atoms with van der Waals surface area (Å²) < 4.78 is 10.7. The molecule has 1 atom stereocenters. The maximum Gasteiger partial charge on any atom is 0.191 e. The maximum atomic E-state index is 5.68. The van der Waals surface area contributed by atoms with Crippen molar-refractivity contribution in [2.45, 2.75) is 12.3 Å². The minimum absolute atomic E-state index is 0.459. The lowest BCUT2D eigenvalue weighted by Gasteiger charge is -2.26. The van der Waals surface area contributed by atoms with Crippen molar-refractivity contribution in [1.29, 1.82) is 0 Å². The van der Waals surface area contributed by atoms with Crippen LogP contribution in [0.4, 0.5) is 0 Å². The lowest BCUT2D eigenvalue weighted by Crippen LogP contribution is -2.41. The van der Waals surface area contributed by atoms with Crippen LogP contribution in [0.15, 0.2) is 29.3 Å². The first-order chi connectivity index (χ1) is 9.85. The number of ether oxygens (including phenoxy) is 2. The molecule has 1 heterocycles. The Balaban J connectivity index is 1.88. The molecule has 5 nitrogen and oxygen atoms in total. The van der Waals surface area contributed by atoms with E-state index in [-0.39, 0.29) is 0 Å². The molecule has 0 amide bonds. The van der Waals surface area contributed by atoms with Crippen molar-refractivity contribution in [1.82, 2.24) is 10.6 Å². The first-order valence-corrected chi connectivity index (χ1v) is 7.00. The molecule has 2 N–H and O–H groups in total. The van der Waals surface area contributed by atoms with E-state index in [4.69, 9.17) is 9.47 Å². The highest BCUT2D eigenvalue weighted by molar-refractivity contribution is 5.79. The van der Waals surface area contributed by atoms with Crippen LogP contribution in [0, 0.1) is 0 Å². The van der Waals surface area contributed by atoms with Gasteiger partial charge < -0.3 is 20.1 Å². The van der Waals surface area contributed by atoms with Crippen LogP contribution >= 0.6 is 0 Å². The smallest absolute Gasteiger partial charge is 0.191 e. The van der Waals surface area contributed by atoms with Crippen molar-refractivity contribution >= 4 is 5.96 Å². The van der Waals surface area contributed by atoms with Crippen molar-refractivity contribution < 1.29 is 9.47 Å². The average Bonchev–Trinajstić information content (AvgIpc) is 2.50. The highest BCUT2D eigenvalue weighted by atomic mass is 16.5. The van der Waals surface area contributed by atoms with Crippen molar-refractivity contribution in [2.24, 2.45) is 4.99 Å². The molecule has 1 aliphatic rings. The summed E-state index contributed by atoms with van der Waals surface area (Å²) in [7, 11) is 3.47. The molecule has 0 bridgehead atoms. The Bertz CT molecular complexity index is 448. The second-order valence-corrected chi connectivity index (χ2v) is 4.74. The van der Waals surface area contributed by atoms with Gasteiger partial charge in [-0.2, -0.15) is 0 Å². The molecule has 2 rings (SSSR count). The molecule has 0 fully saturated rings. The predicted octanol–water partition coefficient (Wildman–Crippen LogP) is 1.36. The summed E-state index contributed by atoms with van der Waals surface area (Å²) in [6.45, 7) is 3.05. The number of hydrogen-bond donors (Lipinski definition) is 2. The highest BCUT2D eigenvalue weighted by Crippen LogP contribution is 2.32. The van der Waals surface area contributed by atoms with Crippen LogP contribution in [-0.2, 0) is 4.74 Å². The van der Waals surface area contributed by atoms with E-state index in [9.17, 15) is 0 Å². The normalized spacial score (nSPS) is 18.1. The lowest BCUT2D eigenvalue weighted by molar-refractivity contribution is 0.203. The van der Waals surface area contributed by atoms with E-state index in [0.29, 0.717) is 12.5 Å². The van der Waals surface area contributed by atoms with Crippen molar-refractivity contribution in [3.63, 3.8) is 0 Å². The fraction of sp³-hybridized carbons (Fsp3) is 0.533. The van der Waals surface area contributed by atoms with Crippen LogP contribution in [0.3, 0.4) is 0 Å². The van der Waals surface area contributed by atoms with Crippen LogP contribution < -0.4 is 15.4 Å². The fourth-order valence-corrected chi connectivity index (χ4v) is 2.34. The summed E-state index contributed by atoms with van der Waals surface area (Å²) in [5.41, 5.74) is 1.28. The van der Waals surface area contributed by atoms with E-state index in [1.165, 1.54) is 5.56 Å². The Morgan fingerprint density at radius 3 is 3.05 bits per heavy atom. The van der Waals surface area contributed by atoms with Gasteiger partial charge in [-0.3, -0.25) is 4.99 Å². The third kappa shape index (κ3) is 3.87. The molecule has 0 aromatic heterocycles. The van der Waals surface area contributed by atoms with E-state index in [0.717, 1.165) is 37.8 Å². The number of fused-ring (bicyclic) bond motifs is 1. The number of nitrogens with zero attached hydrogens (tertiary/aromatic N) is 1. The summed E-state index contributed by atoms with van der Waals surface area (Å²) in [4.78, 5) is 4.21. The Labute approximate surface area is 120 Å². The molecule has 0 saturated heterocycles. The summed E-state index contributed by atoms with van der Waals surface area (Å²) in [5, 5.41) is 6.58. The molecule has 0 radical (unpaired) electrons. The largest absolute Gasteiger partial charge is 0.493 e. The topological polar surface area (TPSA) is 54.9 Å². The molecule has 5 heteroatoms. The Morgan fingerprint density at radius 2 is 2.25 bits per heavy atom. The van der Waals surface area contributed by atoms with Crippen LogP contribution in [0.25, 0.3) is 0 Å². The SMILES string of the molecule is CN=C(NCCOC)NCC1CCOc2ccccc21. The van der Waals surface area contributed by atoms with Crippen molar-refractivity contribution in [3.8, 4) is 5.75 Å². The predicted molar refractivity (Wildman–Crippen MR) is 80.5 cm³/mol. The van der Waals surface area contributed by atoms with Gasteiger partial charge >= 0.3 is 0 Å². The molecule has 1 unspecified atom stereocenters. The zero-order chi connectivity index (χ0) is 14.2. The number of para-hydroxylation sites is 1. The summed E-state index contributed by atoms with van der Waals surface area (Å²) in [6, 6.07) is 8.25. The number of guanidine groups is 1. The number of aliphatic imine (C=N–C) groups is 1. The monoisotopic (exact) mass is 277 g/mol. The van der Waals surface area contributed by atoms with Gasteiger partial charge in [0.1, 0.15) is 5.75 Å². The number of benzene rings is 1. The summed E-state index contributed by atoms with van der Waals surface area (Å²) in [6.07, 6.45) is 1.03. The third-order valence-corrected chi connectivity index (χ3v) is 3.42. The van der Waals surface area contributed by atoms with Crippen molar-refractivity contribution in [2.75, 3.05) is 40.5 Å². The number of nitrogens with one attached hydrogen (secondary N) is 2. The molecule has 1 aromatic rings. The van der Waals surface area contributed by atoms with Gasteiger partial charge in [0.2, 0.25) is 0 Å². The maximum absolute atomic E-state index is 5.68. The molecule has 110 valence electrons. The fourth-order valence-electron chi connectivity index (χ4n) is 2.34. The lowest BCUT2D eigenvalue weighted by atomic mass is 9.93. The minimum atomic E-state index is 0.459. The van der Waals surface area contributed by atoms with E-state index in [1.807, 2.05) is 12.1 Å².